The smallest absolute Gasteiger partial charge is 0.319 e. The van der Waals surface area contributed by atoms with Gasteiger partial charge >= 0.3 is 6.55 Å². The van der Waals surface area contributed by atoms with Crippen LogP contribution in [0.25, 0.3) is 0 Å². The van der Waals surface area contributed by atoms with Crippen LogP contribution in [0.4, 0.5) is 14.5 Å². The highest BCUT2D eigenvalue weighted by molar-refractivity contribution is 5.96. The number of benzene rings is 1. The van der Waals surface area contributed by atoms with Gasteiger partial charge in [0, 0.05) is 25.5 Å². The van der Waals surface area contributed by atoms with Gasteiger partial charge in [0.25, 0.3) is 11.6 Å². The van der Waals surface area contributed by atoms with Gasteiger partial charge in [-0.15, -0.1) is 0 Å². The largest absolute Gasteiger partial charge is 0.507 e. The molecule has 2 rings (SSSR count). The quantitative estimate of drug-likeness (QED) is 0.670. The molecule has 1 aromatic heterocycles. The molecule has 1 aromatic carbocycles. The summed E-state index contributed by atoms with van der Waals surface area (Å²) >= 11 is 0. The molecule has 0 fully saturated rings. The van der Waals surface area contributed by atoms with Crippen LogP contribution in [0.15, 0.2) is 30.6 Å². The average Bonchev–Trinajstić information content (AvgIpc) is 2.94. The first-order valence-corrected chi connectivity index (χ1v) is 6.34. The number of aromatic nitrogens is 2. The number of halogens is 2. The number of rotatable bonds is 5. The number of nitro groups is 1. The van der Waals surface area contributed by atoms with Crippen molar-refractivity contribution in [1.29, 1.82) is 0 Å². The molecule has 1 amide bonds. The van der Waals surface area contributed by atoms with E-state index < -0.39 is 23.1 Å². The fraction of sp³-hybridized carbons (Fsp3) is 0.231. The molecule has 2 aromatic rings. The molecule has 8 nitrogen and oxygen atoms in total. The van der Waals surface area contributed by atoms with E-state index in [-0.39, 0.29) is 23.6 Å². The number of carbonyl (C=O) groups excluding carboxylic acids is 1. The lowest BCUT2D eigenvalue weighted by Gasteiger charge is -2.18. The molecule has 1 heterocycles. The van der Waals surface area contributed by atoms with E-state index in [4.69, 9.17) is 0 Å². The Morgan fingerprint density at radius 2 is 2.22 bits per heavy atom. The number of non-ortho nitro benzene ring substituents is 1. The third-order valence-electron chi connectivity index (χ3n) is 3.11. The van der Waals surface area contributed by atoms with E-state index in [2.05, 4.69) is 4.98 Å². The Bertz CT molecular complexity index is 747. The second kappa shape index (κ2) is 6.38. The molecule has 10 heteroatoms. The van der Waals surface area contributed by atoms with Crippen molar-refractivity contribution in [2.24, 2.45) is 0 Å². The fourth-order valence-electron chi connectivity index (χ4n) is 1.95. The highest BCUT2D eigenvalue weighted by Crippen LogP contribution is 2.25. The molecule has 0 atom stereocenters. The standard InChI is InChI=1S/C13H12F2N4O4/c1-17(7-11-16-4-5-18(11)13(14)15)12(21)9-3-2-8(19(22)23)6-10(9)20/h2-6,13,20H,7H2,1H3. The molecular weight excluding hydrogens is 314 g/mol. The summed E-state index contributed by atoms with van der Waals surface area (Å²) in [5.74, 6) is -1.27. The van der Waals surface area contributed by atoms with E-state index in [1.807, 2.05) is 0 Å². The lowest BCUT2D eigenvalue weighted by atomic mass is 10.1. The molecule has 0 spiro atoms. The number of phenols is 1. The number of amides is 1. The summed E-state index contributed by atoms with van der Waals surface area (Å²) in [5.41, 5.74) is -0.539. The number of alkyl halides is 2. The Morgan fingerprint density at radius 3 is 2.78 bits per heavy atom. The van der Waals surface area contributed by atoms with Gasteiger partial charge in [-0.25, -0.2) is 4.98 Å². The van der Waals surface area contributed by atoms with Gasteiger partial charge in [-0.05, 0) is 6.07 Å². The summed E-state index contributed by atoms with van der Waals surface area (Å²) in [6, 6.07) is 3.02. The lowest BCUT2D eigenvalue weighted by molar-refractivity contribution is -0.384. The number of aromatic hydroxyl groups is 1. The van der Waals surface area contributed by atoms with Crippen LogP contribution >= 0.6 is 0 Å². The molecule has 0 bridgehead atoms. The lowest BCUT2D eigenvalue weighted by Crippen LogP contribution is -2.28. The van der Waals surface area contributed by atoms with Crippen LogP contribution in [-0.4, -0.2) is 37.4 Å². The highest BCUT2D eigenvalue weighted by atomic mass is 19.3. The van der Waals surface area contributed by atoms with Gasteiger partial charge in [-0.2, -0.15) is 8.78 Å². The molecular formula is C13H12F2N4O4. The summed E-state index contributed by atoms with van der Waals surface area (Å²) in [4.78, 5) is 26.9. The van der Waals surface area contributed by atoms with Crippen LogP contribution < -0.4 is 0 Å². The molecule has 0 aliphatic rings. The molecule has 1 N–H and O–H groups in total. The minimum absolute atomic E-state index is 0.0303. The Hall–Kier alpha value is -3.04. The number of nitro benzene ring substituents is 1. The van der Waals surface area contributed by atoms with Crippen molar-refractivity contribution in [2.45, 2.75) is 13.1 Å². The Kier molecular flexibility index (Phi) is 4.53. The van der Waals surface area contributed by atoms with Crippen molar-refractivity contribution in [1.82, 2.24) is 14.5 Å². The van der Waals surface area contributed by atoms with Gasteiger partial charge < -0.3 is 10.0 Å². The predicted molar refractivity (Wildman–Crippen MR) is 74.0 cm³/mol. The van der Waals surface area contributed by atoms with Gasteiger partial charge in [-0.1, -0.05) is 0 Å². The number of hydrogen-bond acceptors (Lipinski definition) is 5. The number of phenolic OH excluding ortho intramolecular Hbond substituents is 1. The van der Waals surface area contributed by atoms with Gasteiger partial charge in [0.2, 0.25) is 0 Å². The van der Waals surface area contributed by atoms with Crippen LogP contribution in [0, 0.1) is 10.1 Å². The summed E-state index contributed by atoms with van der Waals surface area (Å²) in [7, 11) is 1.34. The maximum atomic E-state index is 12.7. The van der Waals surface area contributed by atoms with E-state index >= 15 is 0 Å². The van der Waals surface area contributed by atoms with Crippen LogP contribution in [0.2, 0.25) is 0 Å². The van der Waals surface area contributed by atoms with Gasteiger partial charge in [0.15, 0.2) is 0 Å². The topological polar surface area (TPSA) is 102 Å². The van der Waals surface area contributed by atoms with Crippen molar-refractivity contribution in [2.75, 3.05) is 7.05 Å². The third kappa shape index (κ3) is 3.42. The van der Waals surface area contributed by atoms with Crippen molar-refractivity contribution in [3.8, 4) is 5.75 Å². The van der Waals surface area contributed by atoms with Gasteiger partial charge in [-0.3, -0.25) is 19.5 Å². The van der Waals surface area contributed by atoms with Crippen LogP contribution in [0.1, 0.15) is 22.7 Å². The minimum atomic E-state index is -2.79. The second-order valence-corrected chi connectivity index (χ2v) is 4.65. The summed E-state index contributed by atoms with van der Waals surface area (Å²) in [5, 5.41) is 20.3. The number of carbonyl (C=O) groups is 1. The van der Waals surface area contributed by atoms with Crippen molar-refractivity contribution < 1.29 is 23.6 Å². The SMILES string of the molecule is CN(Cc1nccn1C(F)F)C(=O)c1ccc([N+](=O)[O-])cc1O. The molecule has 122 valence electrons. The average molecular weight is 326 g/mol. The monoisotopic (exact) mass is 326 g/mol. The van der Waals surface area contributed by atoms with Crippen LogP contribution in [-0.2, 0) is 6.54 Å². The maximum absolute atomic E-state index is 12.7. The normalized spacial score (nSPS) is 10.8. The van der Waals surface area contributed by atoms with Crippen molar-refractivity contribution in [3.05, 3.63) is 52.1 Å². The Morgan fingerprint density at radius 1 is 1.52 bits per heavy atom. The van der Waals surface area contributed by atoms with Crippen molar-refractivity contribution >= 4 is 11.6 Å². The van der Waals surface area contributed by atoms with E-state index in [0.29, 0.717) is 4.57 Å². The fourth-order valence-corrected chi connectivity index (χ4v) is 1.95. The zero-order valence-corrected chi connectivity index (χ0v) is 11.9. The molecule has 0 aliphatic carbocycles. The van der Waals surface area contributed by atoms with Crippen LogP contribution in [0.3, 0.4) is 0 Å². The molecule has 0 radical (unpaired) electrons. The first kappa shape index (κ1) is 16.3. The van der Waals surface area contributed by atoms with Crippen molar-refractivity contribution in [3.63, 3.8) is 0 Å². The number of imidazole rings is 1. The Labute approximate surface area is 128 Å². The van der Waals surface area contributed by atoms with E-state index in [1.165, 1.54) is 13.2 Å². The zero-order valence-electron chi connectivity index (χ0n) is 11.9. The summed E-state index contributed by atoms with van der Waals surface area (Å²) in [6.45, 7) is -3.00. The Balaban J connectivity index is 2.20. The van der Waals surface area contributed by atoms with E-state index in [9.17, 15) is 28.8 Å². The number of nitrogens with zero attached hydrogens (tertiary/aromatic N) is 4. The van der Waals surface area contributed by atoms with Gasteiger partial charge in [0.05, 0.1) is 23.1 Å². The van der Waals surface area contributed by atoms with E-state index in [0.717, 1.165) is 29.3 Å². The highest BCUT2D eigenvalue weighted by Gasteiger charge is 2.21. The molecule has 0 saturated carbocycles. The number of hydrogen-bond donors (Lipinski definition) is 1. The van der Waals surface area contributed by atoms with E-state index in [1.54, 1.807) is 0 Å². The second-order valence-electron chi connectivity index (χ2n) is 4.65. The third-order valence-corrected chi connectivity index (χ3v) is 3.11. The summed E-state index contributed by atoms with van der Waals surface area (Å²) < 4.78 is 26.1. The van der Waals surface area contributed by atoms with Crippen LogP contribution in [0.5, 0.6) is 5.75 Å². The molecule has 0 unspecified atom stereocenters. The predicted octanol–water partition coefficient (Wildman–Crippen LogP) is 2.16. The maximum Gasteiger partial charge on any atom is 0.319 e. The van der Waals surface area contributed by atoms with Gasteiger partial charge in [0.1, 0.15) is 11.6 Å². The first-order chi connectivity index (χ1) is 10.8. The molecule has 23 heavy (non-hydrogen) atoms. The molecule has 0 aliphatic heterocycles. The zero-order chi connectivity index (χ0) is 17.1. The molecule has 0 saturated heterocycles. The first-order valence-electron chi connectivity index (χ1n) is 6.34. The summed E-state index contributed by atoms with van der Waals surface area (Å²) in [6.07, 6.45) is 2.27. The minimum Gasteiger partial charge on any atom is -0.507 e.